The summed E-state index contributed by atoms with van der Waals surface area (Å²) in [5.41, 5.74) is 0.859. The standard InChI is InChI=1S/C18H24FN5O/c1-20-18(25)23-11-4-2-3-5-12-24-16(10-13-23)21-22-17(24)14-6-8-15(19)9-7-14/h6-9H,2-5,10-13H2,1H3,(H,20,25). The molecule has 0 atom stereocenters. The number of fused-ring (bicyclic) bond motifs is 1. The molecule has 0 unspecified atom stereocenters. The zero-order valence-corrected chi connectivity index (χ0v) is 14.5. The number of nitrogens with one attached hydrogen (secondary N) is 1. The maximum atomic E-state index is 13.2. The molecule has 1 aliphatic rings. The summed E-state index contributed by atoms with van der Waals surface area (Å²) in [6.07, 6.45) is 4.90. The molecule has 0 aliphatic carbocycles. The maximum absolute atomic E-state index is 13.2. The van der Waals surface area contributed by atoms with Gasteiger partial charge in [0, 0.05) is 38.7 Å². The van der Waals surface area contributed by atoms with Crippen LogP contribution < -0.4 is 5.32 Å². The largest absolute Gasteiger partial charge is 0.341 e. The molecule has 0 saturated heterocycles. The van der Waals surface area contributed by atoms with Gasteiger partial charge in [0.15, 0.2) is 5.82 Å². The molecule has 134 valence electrons. The molecular weight excluding hydrogens is 321 g/mol. The van der Waals surface area contributed by atoms with Crippen LogP contribution in [0.3, 0.4) is 0 Å². The Bertz CT molecular complexity index is 713. The van der Waals surface area contributed by atoms with E-state index in [1.54, 1.807) is 19.2 Å². The number of urea groups is 1. The molecule has 1 N–H and O–H groups in total. The van der Waals surface area contributed by atoms with Gasteiger partial charge in [-0.3, -0.25) is 0 Å². The summed E-state index contributed by atoms with van der Waals surface area (Å²) >= 11 is 0. The van der Waals surface area contributed by atoms with Crippen LogP contribution in [0.15, 0.2) is 24.3 Å². The van der Waals surface area contributed by atoms with Gasteiger partial charge in [0.1, 0.15) is 11.6 Å². The Hall–Kier alpha value is -2.44. The highest BCUT2D eigenvalue weighted by molar-refractivity contribution is 5.73. The molecule has 1 aliphatic heterocycles. The SMILES string of the molecule is CNC(=O)N1CCCCCCn2c(nnc2-c2ccc(F)cc2)CC1. The number of hydrogen-bond donors (Lipinski definition) is 1. The first-order valence-electron chi connectivity index (χ1n) is 8.83. The van der Waals surface area contributed by atoms with E-state index < -0.39 is 0 Å². The molecule has 1 aromatic carbocycles. The number of benzene rings is 1. The molecule has 2 amide bonds. The quantitative estimate of drug-likeness (QED) is 0.864. The van der Waals surface area contributed by atoms with E-state index in [9.17, 15) is 9.18 Å². The molecule has 25 heavy (non-hydrogen) atoms. The van der Waals surface area contributed by atoms with Crippen LogP contribution in [0.4, 0.5) is 9.18 Å². The van der Waals surface area contributed by atoms with E-state index in [4.69, 9.17) is 0 Å². The number of nitrogens with zero attached hydrogens (tertiary/aromatic N) is 4. The van der Waals surface area contributed by atoms with Gasteiger partial charge < -0.3 is 14.8 Å². The molecular formula is C18H24FN5O. The summed E-state index contributed by atoms with van der Waals surface area (Å²) in [6.45, 7) is 2.22. The summed E-state index contributed by atoms with van der Waals surface area (Å²) < 4.78 is 15.3. The lowest BCUT2D eigenvalue weighted by Crippen LogP contribution is -2.40. The van der Waals surface area contributed by atoms with Crippen molar-refractivity contribution in [3.8, 4) is 11.4 Å². The van der Waals surface area contributed by atoms with Gasteiger partial charge in [-0.1, -0.05) is 12.8 Å². The lowest BCUT2D eigenvalue weighted by molar-refractivity contribution is 0.199. The van der Waals surface area contributed by atoms with Crippen molar-refractivity contribution in [3.05, 3.63) is 35.9 Å². The zero-order valence-electron chi connectivity index (χ0n) is 14.5. The smallest absolute Gasteiger partial charge is 0.317 e. The van der Waals surface area contributed by atoms with Gasteiger partial charge in [0.2, 0.25) is 0 Å². The predicted octanol–water partition coefficient (Wildman–Crippen LogP) is 2.84. The fourth-order valence-electron chi connectivity index (χ4n) is 3.20. The second-order valence-electron chi connectivity index (χ2n) is 6.30. The first-order chi connectivity index (χ1) is 12.2. The van der Waals surface area contributed by atoms with E-state index >= 15 is 0 Å². The van der Waals surface area contributed by atoms with Gasteiger partial charge in [-0.05, 0) is 37.1 Å². The summed E-state index contributed by atoms with van der Waals surface area (Å²) in [5.74, 6) is 1.37. The predicted molar refractivity (Wildman–Crippen MR) is 93.6 cm³/mol. The fraction of sp³-hybridized carbons (Fsp3) is 0.500. The van der Waals surface area contributed by atoms with Crippen LogP contribution in [0, 0.1) is 5.82 Å². The van der Waals surface area contributed by atoms with Gasteiger partial charge in [-0.25, -0.2) is 9.18 Å². The number of aromatic nitrogens is 3. The lowest BCUT2D eigenvalue weighted by atomic mass is 10.1. The maximum Gasteiger partial charge on any atom is 0.317 e. The molecule has 0 fully saturated rings. The third-order valence-corrected chi connectivity index (χ3v) is 4.60. The van der Waals surface area contributed by atoms with Crippen molar-refractivity contribution in [1.29, 1.82) is 0 Å². The molecule has 3 rings (SSSR count). The molecule has 2 aromatic rings. The van der Waals surface area contributed by atoms with Crippen molar-refractivity contribution in [2.24, 2.45) is 0 Å². The minimum absolute atomic E-state index is 0.0518. The summed E-state index contributed by atoms with van der Waals surface area (Å²) in [4.78, 5) is 13.9. The number of halogens is 1. The molecule has 0 radical (unpaired) electrons. The highest BCUT2D eigenvalue weighted by Gasteiger charge is 2.18. The molecule has 1 aromatic heterocycles. The average Bonchev–Trinajstić information content (AvgIpc) is 3.01. The van der Waals surface area contributed by atoms with Crippen molar-refractivity contribution in [1.82, 2.24) is 25.0 Å². The molecule has 0 bridgehead atoms. The Morgan fingerprint density at radius 3 is 2.48 bits per heavy atom. The minimum atomic E-state index is -0.262. The Morgan fingerprint density at radius 2 is 1.76 bits per heavy atom. The van der Waals surface area contributed by atoms with Gasteiger partial charge in [-0.15, -0.1) is 10.2 Å². The second kappa shape index (κ2) is 8.09. The molecule has 0 spiro atoms. The summed E-state index contributed by atoms with van der Waals surface area (Å²) in [6, 6.07) is 6.29. The number of amides is 2. The van der Waals surface area contributed by atoms with E-state index in [2.05, 4.69) is 20.1 Å². The third-order valence-electron chi connectivity index (χ3n) is 4.60. The van der Waals surface area contributed by atoms with Gasteiger partial charge in [-0.2, -0.15) is 0 Å². The van der Waals surface area contributed by atoms with Crippen LogP contribution >= 0.6 is 0 Å². The van der Waals surface area contributed by atoms with E-state index in [0.717, 1.165) is 56.0 Å². The van der Waals surface area contributed by atoms with Gasteiger partial charge >= 0.3 is 6.03 Å². The zero-order chi connectivity index (χ0) is 17.6. The van der Waals surface area contributed by atoms with Gasteiger partial charge in [0.25, 0.3) is 0 Å². The van der Waals surface area contributed by atoms with Crippen LogP contribution in [0.2, 0.25) is 0 Å². The van der Waals surface area contributed by atoms with Crippen molar-refractivity contribution in [3.63, 3.8) is 0 Å². The van der Waals surface area contributed by atoms with Crippen molar-refractivity contribution in [2.45, 2.75) is 38.6 Å². The topological polar surface area (TPSA) is 63.1 Å². The lowest BCUT2D eigenvalue weighted by Gasteiger charge is -2.21. The Morgan fingerprint density at radius 1 is 1.04 bits per heavy atom. The van der Waals surface area contributed by atoms with Crippen LogP contribution in [-0.4, -0.2) is 45.8 Å². The molecule has 6 nitrogen and oxygen atoms in total. The van der Waals surface area contributed by atoms with E-state index in [-0.39, 0.29) is 11.8 Å². The molecule has 2 heterocycles. The number of carbonyl (C=O) groups excluding carboxylic acids is 1. The Labute approximate surface area is 147 Å². The molecule has 0 saturated carbocycles. The van der Waals surface area contributed by atoms with Crippen molar-refractivity contribution < 1.29 is 9.18 Å². The number of hydrogen-bond acceptors (Lipinski definition) is 3. The molecule has 7 heteroatoms. The Kier molecular flexibility index (Phi) is 5.63. The van der Waals surface area contributed by atoms with Gasteiger partial charge in [0.05, 0.1) is 0 Å². The average molecular weight is 345 g/mol. The van der Waals surface area contributed by atoms with Crippen LogP contribution in [0.1, 0.15) is 31.5 Å². The fourth-order valence-corrected chi connectivity index (χ4v) is 3.20. The number of rotatable bonds is 1. The normalized spacial score (nSPS) is 16.0. The van der Waals surface area contributed by atoms with E-state index in [1.165, 1.54) is 12.1 Å². The first-order valence-corrected chi connectivity index (χ1v) is 8.83. The summed E-state index contributed by atoms with van der Waals surface area (Å²) in [5, 5.41) is 11.4. The van der Waals surface area contributed by atoms with Crippen LogP contribution in [-0.2, 0) is 13.0 Å². The summed E-state index contributed by atoms with van der Waals surface area (Å²) in [7, 11) is 1.66. The second-order valence-corrected chi connectivity index (χ2v) is 6.30. The highest BCUT2D eigenvalue weighted by atomic mass is 19.1. The highest BCUT2D eigenvalue weighted by Crippen LogP contribution is 2.21. The van der Waals surface area contributed by atoms with Crippen LogP contribution in [0.25, 0.3) is 11.4 Å². The minimum Gasteiger partial charge on any atom is -0.341 e. The van der Waals surface area contributed by atoms with E-state index in [1.807, 2.05) is 4.90 Å². The number of carbonyl (C=O) groups is 1. The Balaban J connectivity index is 1.86. The van der Waals surface area contributed by atoms with Crippen LogP contribution in [0.5, 0.6) is 0 Å². The monoisotopic (exact) mass is 345 g/mol. The third kappa shape index (κ3) is 4.15. The van der Waals surface area contributed by atoms with Crippen molar-refractivity contribution >= 4 is 6.03 Å². The first kappa shape index (κ1) is 17.4. The van der Waals surface area contributed by atoms with E-state index in [0.29, 0.717) is 13.0 Å². The van der Waals surface area contributed by atoms with Crippen molar-refractivity contribution in [2.75, 3.05) is 20.1 Å².